The minimum absolute atomic E-state index is 0.0511. The lowest BCUT2D eigenvalue weighted by Gasteiger charge is -2.80. The van der Waals surface area contributed by atoms with Gasteiger partial charge in [0.1, 0.15) is 12.5 Å². The molecule has 0 radical (unpaired) electrons. The second-order valence-electron chi connectivity index (χ2n) is 10.8. The van der Waals surface area contributed by atoms with E-state index in [2.05, 4.69) is 18.4 Å². The van der Waals surface area contributed by atoms with Gasteiger partial charge in [-0.1, -0.05) is 19.9 Å². The molecule has 4 heterocycles. The van der Waals surface area contributed by atoms with Crippen molar-refractivity contribution in [3.05, 3.63) is 12.2 Å². The van der Waals surface area contributed by atoms with Crippen LogP contribution in [0.4, 0.5) is 0 Å². The molecule has 1 N–H and O–H groups in total. The molecule has 0 aromatic carbocycles. The largest absolute Gasteiger partial charge is 0.388 e. The number of fused-ring (bicyclic) bond motifs is 4. The maximum atomic E-state index is 11.4. The number of ether oxygens (including phenoxy) is 2. The molecule has 0 aromatic heterocycles. The van der Waals surface area contributed by atoms with Gasteiger partial charge in [-0.15, -0.1) is 0 Å². The summed E-state index contributed by atoms with van der Waals surface area (Å²) in [5.41, 5.74) is 1.55. The lowest BCUT2D eigenvalue weighted by molar-refractivity contribution is -0.422. The first-order valence-electron chi connectivity index (χ1n) is 10.9. The van der Waals surface area contributed by atoms with Gasteiger partial charge in [0.15, 0.2) is 0 Å². The fourth-order valence-electron chi connectivity index (χ4n) is 9.72. The van der Waals surface area contributed by atoms with Crippen LogP contribution in [0.15, 0.2) is 12.2 Å². The molecule has 4 heteroatoms. The summed E-state index contributed by atoms with van der Waals surface area (Å²) in [6.45, 7) is 8.71. The molecule has 5 saturated carbocycles. The molecule has 142 valence electrons. The number of rotatable bonds is 0. The van der Waals surface area contributed by atoms with Crippen molar-refractivity contribution < 1.29 is 14.6 Å². The SMILES string of the molecule is C=C1C2CC[C@]3(C(C2)C24CCC[C@@]5(C)C6OCCN6C2O[C@H]3C[C@@H]45)[C@@H]1O. The number of hydrogen-bond donors (Lipinski definition) is 1. The van der Waals surface area contributed by atoms with E-state index in [9.17, 15) is 5.11 Å². The van der Waals surface area contributed by atoms with Crippen LogP contribution >= 0.6 is 0 Å². The average Bonchev–Trinajstić information content (AvgIpc) is 3.14. The van der Waals surface area contributed by atoms with Gasteiger partial charge in [0.25, 0.3) is 0 Å². The van der Waals surface area contributed by atoms with Crippen molar-refractivity contribution in [1.29, 1.82) is 0 Å². The first-order chi connectivity index (χ1) is 12.5. The topological polar surface area (TPSA) is 41.9 Å². The second kappa shape index (κ2) is 4.42. The zero-order chi connectivity index (χ0) is 17.5. The summed E-state index contributed by atoms with van der Waals surface area (Å²) in [6.07, 6.45) is 8.94. The number of aliphatic hydroxyl groups is 1. The van der Waals surface area contributed by atoms with E-state index in [0.29, 0.717) is 17.8 Å². The van der Waals surface area contributed by atoms with E-state index in [-0.39, 0.29) is 40.9 Å². The van der Waals surface area contributed by atoms with Crippen LogP contribution in [0.2, 0.25) is 0 Å². The highest BCUT2D eigenvalue weighted by molar-refractivity contribution is 5.32. The maximum absolute atomic E-state index is 11.4. The highest BCUT2D eigenvalue weighted by Crippen LogP contribution is 2.79. The first-order valence-corrected chi connectivity index (χ1v) is 10.9. The smallest absolute Gasteiger partial charge is 0.119 e. The lowest BCUT2D eigenvalue weighted by atomic mass is 9.32. The van der Waals surface area contributed by atoms with Crippen LogP contribution in [0.1, 0.15) is 51.9 Å². The molecule has 4 nitrogen and oxygen atoms in total. The molecule has 9 fully saturated rings. The summed E-state index contributed by atoms with van der Waals surface area (Å²) >= 11 is 0. The zero-order valence-electron chi connectivity index (χ0n) is 15.8. The molecule has 5 unspecified atom stereocenters. The Morgan fingerprint density at radius 3 is 2.88 bits per heavy atom. The highest BCUT2D eigenvalue weighted by atomic mass is 16.6. The van der Waals surface area contributed by atoms with Crippen molar-refractivity contribution in [2.24, 2.45) is 34.0 Å². The molecule has 9 rings (SSSR count). The molecule has 0 amide bonds. The van der Waals surface area contributed by atoms with Gasteiger partial charge in [-0.2, -0.15) is 0 Å². The van der Waals surface area contributed by atoms with Crippen LogP contribution in [-0.4, -0.2) is 47.8 Å². The second-order valence-corrected chi connectivity index (χ2v) is 10.8. The van der Waals surface area contributed by atoms with E-state index >= 15 is 0 Å². The van der Waals surface area contributed by atoms with E-state index in [4.69, 9.17) is 9.47 Å². The monoisotopic (exact) mass is 357 g/mol. The molecule has 5 aliphatic carbocycles. The summed E-state index contributed by atoms with van der Waals surface area (Å²) in [5.74, 6) is 1.84. The predicted octanol–water partition coefficient (Wildman–Crippen LogP) is 2.91. The standard InChI is InChI=1S/C22H31NO3/c1-12-13-4-7-22(17(12)24)15(10-13)21-6-3-5-20(2)14(21)11-16(22)26-19(21)23-8-9-25-18(20)23/h13-19,24H,1,3-11H2,2H3/t13?,14-,15?,16+,17-,18?,19?,20-,21?,22-/m1/s1. The molecule has 10 atom stereocenters. The summed E-state index contributed by atoms with van der Waals surface area (Å²) in [6, 6.07) is 0. The van der Waals surface area contributed by atoms with Crippen molar-refractivity contribution in [2.75, 3.05) is 13.2 Å². The van der Waals surface area contributed by atoms with Gasteiger partial charge < -0.3 is 14.6 Å². The Labute approximate surface area is 155 Å². The van der Waals surface area contributed by atoms with Crippen molar-refractivity contribution >= 4 is 0 Å². The average molecular weight is 357 g/mol. The summed E-state index contributed by atoms with van der Waals surface area (Å²) < 4.78 is 13.2. The van der Waals surface area contributed by atoms with Crippen LogP contribution in [-0.2, 0) is 9.47 Å². The van der Waals surface area contributed by atoms with Gasteiger partial charge in [-0.3, -0.25) is 0 Å². The van der Waals surface area contributed by atoms with Gasteiger partial charge in [-0.05, 0) is 61.9 Å². The minimum atomic E-state index is -0.345. The lowest BCUT2D eigenvalue weighted by Crippen LogP contribution is -2.83. The van der Waals surface area contributed by atoms with E-state index in [1.165, 1.54) is 32.1 Å². The Morgan fingerprint density at radius 2 is 2.00 bits per heavy atom. The molecular weight excluding hydrogens is 326 g/mol. The quantitative estimate of drug-likeness (QED) is 0.677. The van der Waals surface area contributed by atoms with Crippen molar-refractivity contribution in [2.45, 2.75) is 76.5 Å². The minimum Gasteiger partial charge on any atom is -0.388 e. The van der Waals surface area contributed by atoms with E-state index in [1.54, 1.807) is 0 Å². The third kappa shape index (κ3) is 1.32. The van der Waals surface area contributed by atoms with Gasteiger partial charge in [0.2, 0.25) is 0 Å². The Bertz CT molecular complexity index is 710. The molecule has 2 spiro atoms. The van der Waals surface area contributed by atoms with Crippen LogP contribution in [0, 0.1) is 34.0 Å². The van der Waals surface area contributed by atoms with Gasteiger partial charge >= 0.3 is 0 Å². The number of hydrogen-bond acceptors (Lipinski definition) is 4. The van der Waals surface area contributed by atoms with Crippen LogP contribution in [0.25, 0.3) is 0 Å². The Hall–Kier alpha value is -0.420. The Balaban J connectivity index is 1.45. The summed E-state index contributed by atoms with van der Waals surface area (Å²) in [4.78, 5) is 2.60. The first kappa shape index (κ1) is 15.5. The molecule has 4 saturated heterocycles. The van der Waals surface area contributed by atoms with Crippen molar-refractivity contribution in [3.63, 3.8) is 0 Å². The van der Waals surface area contributed by atoms with Crippen molar-refractivity contribution in [1.82, 2.24) is 4.90 Å². The summed E-state index contributed by atoms with van der Waals surface area (Å²) in [7, 11) is 0. The maximum Gasteiger partial charge on any atom is 0.119 e. The van der Waals surface area contributed by atoms with E-state index in [1.807, 2.05) is 0 Å². The summed E-state index contributed by atoms with van der Waals surface area (Å²) in [5, 5.41) is 11.4. The van der Waals surface area contributed by atoms with Crippen molar-refractivity contribution in [3.8, 4) is 0 Å². The van der Waals surface area contributed by atoms with Gasteiger partial charge in [-0.25, -0.2) is 4.90 Å². The normalized spacial score (nSPS) is 65.2. The molecule has 9 aliphatic rings. The number of nitrogens with zero attached hydrogens (tertiary/aromatic N) is 1. The molecule has 4 aliphatic heterocycles. The fraction of sp³-hybridized carbons (Fsp3) is 0.909. The highest BCUT2D eigenvalue weighted by Gasteiger charge is 2.80. The Morgan fingerprint density at radius 1 is 1.12 bits per heavy atom. The number of piperidine rings is 1. The van der Waals surface area contributed by atoms with Gasteiger partial charge in [0, 0.05) is 22.8 Å². The molecular formula is C22H31NO3. The Kier molecular flexibility index (Phi) is 2.64. The molecule has 0 aromatic rings. The fourth-order valence-corrected chi connectivity index (χ4v) is 9.72. The number of aliphatic hydroxyl groups excluding tert-OH is 1. The van der Waals surface area contributed by atoms with Crippen LogP contribution in [0.5, 0.6) is 0 Å². The van der Waals surface area contributed by atoms with E-state index < -0.39 is 0 Å². The molecule has 7 bridgehead atoms. The van der Waals surface area contributed by atoms with E-state index in [0.717, 1.165) is 31.6 Å². The third-order valence-corrected chi connectivity index (χ3v) is 10.5. The third-order valence-electron chi connectivity index (χ3n) is 10.5. The molecule has 26 heavy (non-hydrogen) atoms. The van der Waals surface area contributed by atoms with Crippen LogP contribution in [0.3, 0.4) is 0 Å². The zero-order valence-corrected chi connectivity index (χ0v) is 15.8. The van der Waals surface area contributed by atoms with Crippen LogP contribution < -0.4 is 0 Å². The predicted molar refractivity (Wildman–Crippen MR) is 96.0 cm³/mol. The van der Waals surface area contributed by atoms with Gasteiger partial charge in [0.05, 0.1) is 18.8 Å².